The molecule has 55 heavy (non-hydrogen) atoms. The molecule has 0 fully saturated rings. The summed E-state index contributed by atoms with van der Waals surface area (Å²) in [5, 5.41) is 6.95. The van der Waals surface area contributed by atoms with E-state index < -0.39 is 0 Å². The second kappa shape index (κ2) is 11.8. The van der Waals surface area contributed by atoms with E-state index in [0.717, 1.165) is 61.0 Å². The van der Waals surface area contributed by atoms with E-state index in [-0.39, 0.29) is 0 Å². The fraction of sp³-hybridized carbons (Fsp3) is 0. The maximum absolute atomic E-state index is 8.07. The lowest BCUT2D eigenvalue weighted by atomic mass is 10.0. The molecule has 0 aliphatic carbocycles. The van der Waals surface area contributed by atoms with Gasteiger partial charge < -0.3 is 13.7 Å². The molecule has 0 saturated heterocycles. The number of benzene rings is 8. The summed E-state index contributed by atoms with van der Waals surface area (Å²) >= 11 is 0. The van der Waals surface area contributed by atoms with Crippen LogP contribution in [-0.2, 0) is 0 Å². The van der Waals surface area contributed by atoms with Gasteiger partial charge in [-0.25, -0.2) is 9.69 Å². The van der Waals surface area contributed by atoms with Gasteiger partial charge in [0.15, 0.2) is 5.69 Å². The van der Waals surface area contributed by atoms with Crippen molar-refractivity contribution in [3.05, 3.63) is 199 Å². The summed E-state index contributed by atoms with van der Waals surface area (Å²) in [7, 11) is 0. The molecule has 11 rings (SSSR count). The maximum atomic E-state index is 8.07. The van der Waals surface area contributed by atoms with Gasteiger partial charge in [-0.1, -0.05) is 109 Å². The first kappa shape index (κ1) is 30.7. The van der Waals surface area contributed by atoms with Crippen molar-refractivity contribution in [2.24, 2.45) is 0 Å². The predicted octanol–water partition coefficient (Wildman–Crippen LogP) is 13.7. The van der Waals surface area contributed by atoms with E-state index in [1.165, 1.54) is 32.6 Å². The number of fused-ring (bicyclic) bond motifs is 9. The van der Waals surface area contributed by atoms with Crippen molar-refractivity contribution in [3.63, 3.8) is 0 Å². The summed E-state index contributed by atoms with van der Waals surface area (Å²) in [5.41, 5.74) is 12.6. The average molecular weight is 700 g/mol. The molecule has 0 aliphatic rings. The Labute approximate surface area is 316 Å². The maximum Gasteiger partial charge on any atom is 0.211 e. The van der Waals surface area contributed by atoms with Crippen molar-refractivity contribution < 1.29 is 0 Å². The highest BCUT2D eigenvalue weighted by Crippen LogP contribution is 2.42. The Morgan fingerprint density at radius 2 is 0.891 bits per heavy atom. The molecular formula is C50H29N5. The number of hydrogen-bond acceptors (Lipinski definition) is 0. The third-order valence-corrected chi connectivity index (χ3v) is 11.1. The first-order chi connectivity index (χ1) is 27.2. The zero-order valence-corrected chi connectivity index (χ0v) is 29.5. The average Bonchev–Trinajstić information content (AvgIpc) is 3.89. The highest BCUT2D eigenvalue weighted by molar-refractivity contribution is 6.14. The summed E-state index contributed by atoms with van der Waals surface area (Å²) in [5.74, 6) is 0. The second-order valence-electron chi connectivity index (χ2n) is 13.9. The van der Waals surface area contributed by atoms with Crippen molar-refractivity contribution in [1.29, 1.82) is 0 Å². The molecule has 0 atom stereocenters. The van der Waals surface area contributed by atoms with Gasteiger partial charge >= 0.3 is 0 Å². The van der Waals surface area contributed by atoms with Gasteiger partial charge in [0.2, 0.25) is 5.69 Å². The molecule has 0 radical (unpaired) electrons. The second-order valence-corrected chi connectivity index (χ2v) is 13.9. The fourth-order valence-corrected chi connectivity index (χ4v) is 8.75. The highest BCUT2D eigenvalue weighted by Gasteiger charge is 2.20. The van der Waals surface area contributed by atoms with Crippen LogP contribution in [0.5, 0.6) is 0 Å². The van der Waals surface area contributed by atoms with E-state index in [1.54, 1.807) is 0 Å². The third-order valence-electron chi connectivity index (χ3n) is 11.1. The Hall–Kier alpha value is -7.86. The Morgan fingerprint density at radius 3 is 1.53 bits per heavy atom. The van der Waals surface area contributed by atoms with Crippen LogP contribution >= 0.6 is 0 Å². The Morgan fingerprint density at radius 1 is 0.364 bits per heavy atom. The molecule has 3 heterocycles. The predicted molar refractivity (Wildman–Crippen MR) is 227 cm³/mol. The molecule has 0 bridgehead atoms. The third kappa shape index (κ3) is 4.45. The first-order valence-electron chi connectivity index (χ1n) is 18.3. The fourth-order valence-electron chi connectivity index (χ4n) is 8.75. The zero-order valence-electron chi connectivity index (χ0n) is 29.5. The lowest BCUT2D eigenvalue weighted by Crippen LogP contribution is -1.99. The molecule has 3 aromatic heterocycles. The molecule has 254 valence electrons. The number of aromatic nitrogens is 3. The SMILES string of the molecule is [C-]#[N+]c1ccc(-n2c3ccccc3c3cccc([N+]#[C-])c32)c(-c2cccc(-n3c4ccccc4c4cc(-n5c6ccccc6c6ccccc65)ccc43)c2)c1. The number of para-hydroxylation sites is 5. The summed E-state index contributed by atoms with van der Waals surface area (Å²) < 4.78 is 6.92. The Bertz CT molecular complexity index is 3420. The topological polar surface area (TPSA) is 23.5 Å². The minimum absolute atomic E-state index is 0.560. The highest BCUT2D eigenvalue weighted by atomic mass is 15.0. The summed E-state index contributed by atoms with van der Waals surface area (Å²) in [6, 6.07) is 61.4. The lowest BCUT2D eigenvalue weighted by Gasteiger charge is -2.17. The lowest BCUT2D eigenvalue weighted by molar-refractivity contribution is 1.16. The first-order valence-corrected chi connectivity index (χ1v) is 18.3. The van der Waals surface area contributed by atoms with Crippen molar-refractivity contribution >= 4 is 76.8 Å². The normalized spacial score (nSPS) is 11.6. The van der Waals surface area contributed by atoms with E-state index in [0.29, 0.717) is 11.4 Å². The summed E-state index contributed by atoms with van der Waals surface area (Å²) in [6.45, 7) is 16.0. The molecule has 5 nitrogen and oxygen atoms in total. The molecule has 5 heteroatoms. The van der Waals surface area contributed by atoms with E-state index >= 15 is 0 Å². The number of rotatable bonds is 4. The zero-order chi connectivity index (χ0) is 36.6. The Kier molecular flexibility index (Phi) is 6.61. The van der Waals surface area contributed by atoms with E-state index in [9.17, 15) is 0 Å². The molecule has 0 aliphatic heterocycles. The van der Waals surface area contributed by atoms with Crippen LogP contribution in [-0.4, -0.2) is 13.7 Å². The van der Waals surface area contributed by atoms with E-state index in [2.05, 4.69) is 157 Å². The van der Waals surface area contributed by atoms with Crippen molar-refractivity contribution in [3.8, 4) is 28.2 Å². The minimum Gasteiger partial charge on any atom is -0.318 e. The van der Waals surface area contributed by atoms with Crippen LogP contribution in [0.25, 0.3) is 103 Å². The van der Waals surface area contributed by atoms with Gasteiger partial charge in [0.05, 0.1) is 51.9 Å². The van der Waals surface area contributed by atoms with Gasteiger partial charge in [-0.3, -0.25) is 0 Å². The largest absolute Gasteiger partial charge is 0.318 e. The molecule has 0 amide bonds. The van der Waals surface area contributed by atoms with Crippen LogP contribution in [0.1, 0.15) is 0 Å². The smallest absolute Gasteiger partial charge is 0.211 e. The van der Waals surface area contributed by atoms with Gasteiger partial charge in [0, 0.05) is 38.3 Å². The van der Waals surface area contributed by atoms with Crippen LogP contribution in [0.15, 0.2) is 176 Å². The van der Waals surface area contributed by atoms with Crippen molar-refractivity contribution in [2.75, 3.05) is 0 Å². The van der Waals surface area contributed by atoms with Crippen LogP contribution < -0.4 is 0 Å². The van der Waals surface area contributed by atoms with Gasteiger partial charge in [0.25, 0.3) is 0 Å². The van der Waals surface area contributed by atoms with Crippen LogP contribution in [0, 0.1) is 13.1 Å². The molecular weight excluding hydrogens is 671 g/mol. The minimum atomic E-state index is 0.560. The monoisotopic (exact) mass is 699 g/mol. The van der Waals surface area contributed by atoms with Gasteiger partial charge in [-0.05, 0) is 83.2 Å². The quantitative estimate of drug-likeness (QED) is 0.163. The molecule has 0 unspecified atom stereocenters. The van der Waals surface area contributed by atoms with Crippen LogP contribution in [0.3, 0.4) is 0 Å². The van der Waals surface area contributed by atoms with Crippen molar-refractivity contribution in [2.45, 2.75) is 0 Å². The van der Waals surface area contributed by atoms with Crippen LogP contribution in [0.2, 0.25) is 0 Å². The van der Waals surface area contributed by atoms with Gasteiger partial charge in [-0.15, -0.1) is 0 Å². The molecule has 0 N–H and O–H groups in total. The van der Waals surface area contributed by atoms with Crippen LogP contribution in [0.4, 0.5) is 11.4 Å². The van der Waals surface area contributed by atoms with E-state index in [4.69, 9.17) is 13.1 Å². The molecule has 0 saturated carbocycles. The van der Waals surface area contributed by atoms with Gasteiger partial charge in [0.1, 0.15) is 0 Å². The molecule has 8 aromatic carbocycles. The van der Waals surface area contributed by atoms with E-state index in [1.807, 2.05) is 42.5 Å². The van der Waals surface area contributed by atoms with Crippen molar-refractivity contribution in [1.82, 2.24) is 13.7 Å². The summed E-state index contributed by atoms with van der Waals surface area (Å²) in [6.07, 6.45) is 0. The standard InChI is InChI=1S/C50H29N5/c1-51-33-25-27-48(55-47-24-10-5-17-38(47)40-19-12-20-43(52-2)50(40)55)41(30-33)32-13-11-14-34(29-32)53-46-23-9-6-18-39(46)42-31-35(26-28-49(42)53)54-44-21-7-3-15-36(44)37-16-4-8-22-45(37)54/h3-31H. The number of hydrogen-bond donors (Lipinski definition) is 0. The van der Waals surface area contributed by atoms with Gasteiger partial charge in [-0.2, -0.15) is 0 Å². The Balaban J connectivity index is 1.14. The molecule has 11 aromatic rings. The number of nitrogens with zero attached hydrogens (tertiary/aromatic N) is 5. The summed E-state index contributed by atoms with van der Waals surface area (Å²) in [4.78, 5) is 7.79. The molecule has 0 spiro atoms.